The van der Waals surface area contributed by atoms with Crippen LogP contribution in [0.2, 0.25) is 0 Å². The molecule has 0 saturated carbocycles. The fourth-order valence-corrected chi connectivity index (χ4v) is 5.65. The number of esters is 2. The van der Waals surface area contributed by atoms with Crippen LogP contribution in [0.15, 0.2) is 92.4 Å². The largest absolute Gasteiger partial charge is 0.463 e. The zero-order valence-electron chi connectivity index (χ0n) is 23.5. The van der Waals surface area contributed by atoms with Crippen molar-refractivity contribution < 1.29 is 23.5 Å². The van der Waals surface area contributed by atoms with Gasteiger partial charge in [-0.25, -0.2) is 14.6 Å². The van der Waals surface area contributed by atoms with Gasteiger partial charge in [0.2, 0.25) is 5.76 Å². The molecule has 0 fully saturated rings. The van der Waals surface area contributed by atoms with Gasteiger partial charge >= 0.3 is 11.9 Å². The van der Waals surface area contributed by atoms with Crippen LogP contribution < -0.4 is 19.6 Å². The zero-order valence-corrected chi connectivity index (χ0v) is 24.3. The Balaban J connectivity index is 1.57. The van der Waals surface area contributed by atoms with Gasteiger partial charge in [0.15, 0.2) is 4.80 Å². The van der Waals surface area contributed by atoms with Crippen molar-refractivity contribution in [1.29, 1.82) is 0 Å². The molecule has 0 saturated heterocycles. The van der Waals surface area contributed by atoms with E-state index in [9.17, 15) is 14.4 Å². The Bertz CT molecular complexity index is 1800. The molecule has 9 heteroatoms. The maximum atomic E-state index is 13.8. The number of carbonyl (C=O) groups is 2. The third-order valence-corrected chi connectivity index (χ3v) is 7.70. The minimum Gasteiger partial charge on any atom is -0.463 e. The summed E-state index contributed by atoms with van der Waals surface area (Å²) in [6, 6.07) is 17.1. The number of aromatic nitrogens is 1. The quantitative estimate of drug-likeness (QED) is 0.241. The van der Waals surface area contributed by atoms with E-state index in [1.54, 1.807) is 44.2 Å². The monoisotopic (exact) mass is 570 g/mol. The van der Waals surface area contributed by atoms with Gasteiger partial charge in [0.1, 0.15) is 5.75 Å². The van der Waals surface area contributed by atoms with Crippen molar-refractivity contribution in [3.05, 3.63) is 120 Å². The second-order valence-electron chi connectivity index (χ2n) is 10.6. The molecule has 4 aromatic rings. The summed E-state index contributed by atoms with van der Waals surface area (Å²) in [5.74, 6) is -0.801. The first-order chi connectivity index (χ1) is 19.6. The minimum absolute atomic E-state index is 0.0194. The minimum atomic E-state index is -0.773. The summed E-state index contributed by atoms with van der Waals surface area (Å²) in [6.07, 6.45) is 3.23. The van der Waals surface area contributed by atoms with Crippen molar-refractivity contribution in [2.75, 3.05) is 6.61 Å². The Morgan fingerprint density at radius 2 is 1.76 bits per heavy atom. The van der Waals surface area contributed by atoms with Crippen LogP contribution in [0, 0.1) is 0 Å². The smallest absolute Gasteiger partial charge is 0.379 e. The summed E-state index contributed by atoms with van der Waals surface area (Å²) < 4.78 is 17.9. The molecule has 8 nitrogen and oxygen atoms in total. The first-order valence-corrected chi connectivity index (χ1v) is 14.0. The number of rotatable bonds is 6. The van der Waals surface area contributed by atoms with Crippen molar-refractivity contribution in [3.8, 4) is 5.75 Å². The van der Waals surface area contributed by atoms with Gasteiger partial charge in [-0.3, -0.25) is 9.36 Å². The summed E-state index contributed by atoms with van der Waals surface area (Å²) in [5, 5.41) is 0. The summed E-state index contributed by atoms with van der Waals surface area (Å²) in [4.78, 5) is 44.4. The third kappa shape index (κ3) is 5.71. The number of hydrogen-bond acceptors (Lipinski definition) is 8. The average Bonchev–Trinajstić information content (AvgIpc) is 3.57. The summed E-state index contributed by atoms with van der Waals surface area (Å²) in [7, 11) is 0. The topological polar surface area (TPSA) is 100 Å². The summed E-state index contributed by atoms with van der Waals surface area (Å²) in [5.41, 5.74) is 3.24. The van der Waals surface area contributed by atoms with Crippen molar-refractivity contribution in [1.82, 2.24) is 4.57 Å². The van der Waals surface area contributed by atoms with E-state index < -0.39 is 18.0 Å². The number of allylic oxidation sites excluding steroid dienone is 1. The van der Waals surface area contributed by atoms with Gasteiger partial charge < -0.3 is 13.9 Å². The highest BCUT2D eigenvalue weighted by Crippen LogP contribution is 2.32. The number of fused-ring (bicyclic) bond motifs is 1. The number of nitrogens with zero attached hydrogens (tertiary/aromatic N) is 2. The molecule has 41 heavy (non-hydrogen) atoms. The van der Waals surface area contributed by atoms with E-state index in [4.69, 9.17) is 13.9 Å². The van der Waals surface area contributed by atoms with E-state index >= 15 is 0 Å². The predicted octanol–water partition coefficient (Wildman–Crippen LogP) is 4.91. The van der Waals surface area contributed by atoms with Crippen LogP contribution >= 0.6 is 11.3 Å². The number of hydrogen-bond donors (Lipinski definition) is 0. The fraction of sp³-hybridized carbons (Fsp3) is 0.250. The molecule has 210 valence electrons. The Kier molecular flexibility index (Phi) is 7.64. The molecule has 5 rings (SSSR count). The first-order valence-electron chi connectivity index (χ1n) is 13.2. The van der Waals surface area contributed by atoms with Gasteiger partial charge in [-0.05, 0) is 66.3 Å². The maximum Gasteiger partial charge on any atom is 0.379 e. The van der Waals surface area contributed by atoms with E-state index in [0.29, 0.717) is 26.3 Å². The molecule has 2 aromatic heterocycles. The molecular weight excluding hydrogens is 540 g/mol. The number of furan rings is 1. The van der Waals surface area contributed by atoms with Crippen molar-refractivity contribution >= 4 is 29.4 Å². The lowest BCUT2D eigenvalue weighted by molar-refractivity contribution is -0.139. The van der Waals surface area contributed by atoms with Gasteiger partial charge in [0.25, 0.3) is 5.56 Å². The van der Waals surface area contributed by atoms with Gasteiger partial charge in [0.05, 0.1) is 34.7 Å². The highest BCUT2D eigenvalue weighted by Gasteiger charge is 2.33. The second kappa shape index (κ2) is 11.2. The molecule has 0 aliphatic carbocycles. The fourth-order valence-electron chi connectivity index (χ4n) is 4.61. The van der Waals surface area contributed by atoms with Gasteiger partial charge in [0, 0.05) is 0 Å². The predicted molar refractivity (Wildman–Crippen MR) is 156 cm³/mol. The van der Waals surface area contributed by atoms with Crippen molar-refractivity contribution in [2.45, 2.75) is 46.1 Å². The number of ether oxygens (including phenoxy) is 2. The highest BCUT2D eigenvalue weighted by atomic mass is 32.1. The van der Waals surface area contributed by atoms with Crippen LogP contribution in [-0.4, -0.2) is 23.1 Å². The van der Waals surface area contributed by atoms with E-state index in [-0.39, 0.29) is 28.9 Å². The molecule has 0 unspecified atom stereocenters. The van der Waals surface area contributed by atoms with Gasteiger partial charge in [-0.2, -0.15) is 0 Å². The van der Waals surface area contributed by atoms with Gasteiger partial charge in [-0.15, -0.1) is 0 Å². The zero-order chi connectivity index (χ0) is 29.3. The molecule has 0 spiro atoms. The molecule has 1 aliphatic rings. The third-order valence-electron chi connectivity index (χ3n) is 6.72. The molecule has 1 atom stereocenters. The second-order valence-corrected chi connectivity index (χ2v) is 11.6. The van der Waals surface area contributed by atoms with E-state index in [0.717, 1.165) is 5.56 Å². The Morgan fingerprint density at radius 1 is 1.05 bits per heavy atom. The molecule has 3 heterocycles. The Morgan fingerprint density at radius 3 is 2.37 bits per heavy atom. The lowest BCUT2D eigenvalue weighted by Crippen LogP contribution is -2.39. The standard InChI is InChI=1S/C32H30N2O6S/c1-6-38-30(37)26-19(2)33-31-34(28(35)25(41-31)18-20-9-13-22(14-10-20)32(3,4)5)27(26)21-11-15-23(16-12-21)40-29(36)24-8-7-17-39-24/h7-18,27H,6H2,1-5H3/b25-18+/t27-/m1/s1. The number of thiazole rings is 1. The van der Waals surface area contributed by atoms with Crippen LogP contribution in [0.5, 0.6) is 5.75 Å². The first kappa shape index (κ1) is 28.0. The number of carbonyl (C=O) groups excluding carboxylic acids is 2. The summed E-state index contributed by atoms with van der Waals surface area (Å²) in [6.45, 7) is 10.1. The molecule has 0 N–H and O–H groups in total. The van der Waals surface area contributed by atoms with Crippen LogP contribution in [0.1, 0.15) is 67.9 Å². The molecule has 0 bridgehead atoms. The Labute approximate surface area is 240 Å². The van der Waals surface area contributed by atoms with Crippen LogP contribution in [0.25, 0.3) is 6.08 Å². The average molecular weight is 571 g/mol. The van der Waals surface area contributed by atoms with Crippen LogP contribution in [0.3, 0.4) is 0 Å². The number of benzene rings is 2. The van der Waals surface area contributed by atoms with Crippen LogP contribution in [-0.2, 0) is 14.9 Å². The Hall–Kier alpha value is -4.50. The van der Waals surface area contributed by atoms with E-state index in [2.05, 4.69) is 37.9 Å². The molecule has 1 aliphatic heterocycles. The van der Waals surface area contributed by atoms with Gasteiger partial charge in [-0.1, -0.05) is 68.5 Å². The lowest BCUT2D eigenvalue weighted by Gasteiger charge is -2.24. The highest BCUT2D eigenvalue weighted by molar-refractivity contribution is 7.07. The molecule has 0 amide bonds. The van der Waals surface area contributed by atoms with Crippen LogP contribution in [0.4, 0.5) is 0 Å². The summed E-state index contributed by atoms with van der Waals surface area (Å²) >= 11 is 1.27. The van der Waals surface area contributed by atoms with Crippen molar-refractivity contribution in [2.24, 2.45) is 4.99 Å². The normalized spacial score (nSPS) is 15.3. The molecular formula is C32H30N2O6S. The molecule has 0 radical (unpaired) electrons. The lowest BCUT2D eigenvalue weighted by atomic mass is 9.87. The van der Waals surface area contributed by atoms with E-state index in [1.165, 1.54) is 33.8 Å². The maximum absolute atomic E-state index is 13.8. The van der Waals surface area contributed by atoms with Crippen molar-refractivity contribution in [3.63, 3.8) is 0 Å². The van der Waals surface area contributed by atoms with E-state index in [1.807, 2.05) is 18.2 Å². The SMILES string of the molecule is CCOC(=O)C1=C(C)N=c2s/c(=C/c3ccc(C(C)(C)C)cc3)c(=O)n2[C@@H]1c1ccc(OC(=O)c2ccco2)cc1. The molecule has 2 aromatic carbocycles.